The van der Waals surface area contributed by atoms with Crippen LogP contribution in [0, 0.1) is 0 Å². The Labute approximate surface area is 130 Å². The molecule has 1 N–H and O–H groups in total. The van der Waals surface area contributed by atoms with Gasteiger partial charge in [0.05, 0.1) is 5.56 Å². The van der Waals surface area contributed by atoms with Crippen molar-refractivity contribution in [1.29, 1.82) is 0 Å². The Morgan fingerprint density at radius 2 is 1.95 bits per heavy atom. The summed E-state index contributed by atoms with van der Waals surface area (Å²) in [6.45, 7) is 0. The van der Waals surface area contributed by atoms with Crippen molar-refractivity contribution in [2.75, 3.05) is 0 Å². The zero-order valence-electron chi connectivity index (χ0n) is 10.7. The molecule has 1 aliphatic rings. The highest BCUT2D eigenvalue weighted by molar-refractivity contribution is 9.10. The molecule has 2 aromatic rings. The van der Waals surface area contributed by atoms with Crippen LogP contribution < -0.4 is 0 Å². The Bertz CT molecular complexity index is 682. The molecule has 0 heterocycles. The van der Waals surface area contributed by atoms with Crippen molar-refractivity contribution in [3.8, 4) is 0 Å². The first-order valence-corrected chi connectivity index (χ1v) is 8.07. The fourth-order valence-electron chi connectivity index (χ4n) is 2.54. The van der Waals surface area contributed by atoms with Gasteiger partial charge < -0.3 is 5.11 Å². The summed E-state index contributed by atoms with van der Waals surface area (Å²) in [4.78, 5) is 13.2. The topological polar surface area (TPSA) is 37.3 Å². The number of hydrogen-bond acceptors (Lipinski definition) is 2. The largest absolute Gasteiger partial charge is 0.478 e. The predicted octanol–water partition coefficient (Wildman–Crippen LogP) is 4.79. The molecular weight excluding hydrogens is 336 g/mol. The minimum atomic E-state index is -0.902. The number of carboxylic acid groups (broad SMARTS) is 1. The van der Waals surface area contributed by atoms with Crippen LogP contribution in [0.2, 0.25) is 0 Å². The molecule has 0 amide bonds. The van der Waals surface area contributed by atoms with Crippen molar-refractivity contribution in [3.63, 3.8) is 0 Å². The highest BCUT2D eigenvalue weighted by Gasteiger charge is 2.16. The van der Waals surface area contributed by atoms with Gasteiger partial charge in [-0.1, -0.05) is 23.9 Å². The molecule has 102 valence electrons. The molecule has 3 rings (SSSR count). The number of aromatic carboxylic acids is 1. The van der Waals surface area contributed by atoms with Gasteiger partial charge >= 0.3 is 5.97 Å². The third-order valence-electron chi connectivity index (χ3n) is 3.49. The van der Waals surface area contributed by atoms with E-state index >= 15 is 0 Å². The van der Waals surface area contributed by atoms with Gasteiger partial charge in [-0.25, -0.2) is 4.79 Å². The highest BCUT2D eigenvalue weighted by atomic mass is 79.9. The van der Waals surface area contributed by atoms with Crippen LogP contribution >= 0.6 is 27.7 Å². The normalized spacial score (nSPS) is 13.2. The van der Waals surface area contributed by atoms with Crippen molar-refractivity contribution >= 4 is 33.7 Å². The lowest BCUT2D eigenvalue weighted by molar-refractivity contribution is 0.0692. The first kappa shape index (κ1) is 13.7. The van der Waals surface area contributed by atoms with Crippen LogP contribution in [0.4, 0.5) is 0 Å². The summed E-state index contributed by atoms with van der Waals surface area (Å²) in [5.41, 5.74) is 3.17. The maximum Gasteiger partial charge on any atom is 0.338 e. The van der Waals surface area contributed by atoms with Gasteiger partial charge in [0.2, 0.25) is 0 Å². The molecule has 0 atom stereocenters. The van der Waals surface area contributed by atoms with Crippen LogP contribution in [0.25, 0.3) is 0 Å². The molecule has 0 saturated carbocycles. The lowest BCUT2D eigenvalue weighted by Gasteiger charge is -2.09. The molecule has 0 saturated heterocycles. The van der Waals surface area contributed by atoms with Gasteiger partial charge in [0.15, 0.2) is 0 Å². The number of carboxylic acids is 1. The summed E-state index contributed by atoms with van der Waals surface area (Å²) < 4.78 is 0.621. The number of benzene rings is 2. The summed E-state index contributed by atoms with van der Waals surface area (Å²) in [6, 6.07) is 11.9. The number of rotatable bonds is 3. The molecule has 0 spiro atoms. The molecule has 1 aliphatic carbocycles. The first-order chi connectivity index (χ1) is 9.65. The lowest BCUT2D eigenvalue weighted by atomic mass is 10.1. The van der Waals surface area contributed by atoms with E-state index in [0.29, 0.717) is 10.0 Å². The number of aryl methyl sites for hydroxylation is 2. The number of halogens is 1. The molecule has 0 bridgehead atoms. The molecular formula is C16H13BrO2S. The minimum absolute atomic E-state index is 0.331. The van der Waals surface area contributed by atoms with Gasteiger partial charge in [-0.15, -0.1) is 0 Å². The van der Waals surface area contributed by atoms with Crippen molar-refractivity contribution in [1.82, 2.24) is 0 Å². The van der Waals surface area contributed by atoms with E-state index in [1.807, 2.05) is 12.1 Å². The zero-order chi connectivity index (χ0) is 14.1. The molecule has 2 aromatic carbocycles. The van der Waals surface area contributed by atoms with Crippen LogP contribution in [0.15, 0.2) is 50.7 Å². The van der Waals surface area contributed by atoms with Gasteiger partial charge in [-0.3, -0.25) is 0 Å². The van der Waals surface area contributed by atoms with Crippen LogP contribution in [-0.4, -0.2) is 11.1 Å². The number of carbonyl (C=O) groups is 1. The third-order valence-corrected chi connectivity index (χ3v) is 5.20. The molecule has 20 heavy (non-hydrogen) atoms. The maximum atomic E-state index is 11.4. The molecule has 0 aliphatic heterocycles. The van der Waals surface area contributed by atoms with E-state index in [-0.39, 0.29) is 0 Å². The second-order valence-electron chi connectivity index (χ2n) is 4.80. The first-order valence-electron chi connectivity index (χ1n) is 6.46. The zero-order valence-corrected chi connectivity index (χ0v) is 13.1. The van der Waals surface area contributed by atoms with Crippen molar-refractivity contribution < 1.29 is 9.90 Å². The Kier molecular flexibility index (Phi) is 3.85. The van der Waals surface area contributed by atoms with Crippen LogP contribution in [0.5, 0.6) is 0 Å². The SMILES string of the molecule is O=C(O)c1c(Br)cccc1Sc1ccc2c(c1)CCC2. The van der Waals surface area contributed by atoms with Crippen molar-refractivity contribution in [2.45, 2.75) is 29.1 Å². The van der Waals surface area contributed by atoms with Crippen LogP contribution in [0.1, 0.15) is 27.9 Å². The van der Waals surface area contributed by atoms with Gasteiger partial charge in [-0.2, -0.15) is 0 Å². The van der Waals surface area contributed by atoms with Gasteiger partial charge in [-0.05, 0) is 70.6 Å². The third kappa shape index (κ3) is 2.63. The summed E-state index contributed by atoms with van der Waals surface area (Å²) in [7, 11) is 0. The Balaban J connectivity index is 1.95. The fourth-order valence-corrected chi connectivity index (χ4v) is 4.24. The van der Waals surface area contributed by atoms with E-state index < -0.39 is 5.97 Å². The molecule has 2 nitrogen and oxygen atoms in total. The van der Waals surface area contributed by atoms with E-state index in [9.17, 15) is 9.90 Å². The Morgan fingerprint density at radius 1 is 1.15 bits per heavy atom. The minimum Gasteiger partial charge on any atom is -0.478 e. The van der Waals surface area contributed by atoms with Crippen molar-refractivity contribution in [3.05, 3.63) is 57.6 Å². The summed E-state index contributed by atoms with van der Waals surface area (Å²) in [6.07, 6.45) is 3.52. The monoisotopic (exact) mass is 348 g/mol. The second-order valence-corrected chi connectivity index (χ2v) is 6.77. The van der Waals surface area contributed by atoms with Gasteiger partial charge in [0.25, 0.3) is 0 Å². The summed E-state index contributed by atoms with van der Waals surface area (Å²) >= 11 is 4.83. The summed E-state index contributed by atoms with van der Waals surface area (Å²) in [5, 5.41) is 9.34. The average Bonchev–Trinajstić information content (AvgIpc) is 2.85. The molecule has 0 radical (unpaired) electrons. The van der Waals surface area contributed by atoms with E-state index in [1.54, 1.807) is 6.07 Å². The van der Waals surface area contributed by atoms with Crippen LogP contribution in [0.3, 0.4) is 0 Å². The lowest BCUT2D eigenvalue weighted by Crippen LogP contribution is -2.00. The second kappa shape index (κ2) is 5.62. The Morgan fingerprint density at radius 3 is 2.75 bits per heavy atom. The fraction of sp³-hybridized carbons (Fsp3) is 0.188. The Hall–Kier alpha value is -1.26. The van der Waals surface area contributed by atoms with Gasteiger partial charge in [0.1, 0.15) is 0 Å². The number of fused-ring (bicyclic) bond motifs is 1. The van der Waals surface area contributed by atoms with E-state index in [0.717, 1.165) is 22.6 Å². The molecule has 0 aromatic heterocycles. The van der Waals surface area contributed by atoms with E-state index in [1.165, 1.54) is 29.3 Å². The average molecular weight is 349 g/mol. The van der Waals surface area contributed by atoms with E-state index in [2.05, 4.69) is 34.1 Å². The highest BCUT2D eigenvalue weighted by Crippen LogP contribution is 2.36. The smallest absolute Gasteiger partial charge is 0.338 e. The predicted molar refractivity (Wildman–Crippen MR) is 83.7 cm³/mol. The van der Waals surface area contributed by atoms with Crippen LogP contribution in [-0.2, 0) is 12.8 Å². The van der Waals surface area contributed by atoms with E-state index in [4.69, 9.17) is 0 Å². The molecule has 0 fully saturated rings. The maximum absolute atomic E-state index is 11.4. The molecule has 4 heteroatoms. The standard InChI is InChI=1S/C16H13BrO2S/c17-13-5-2-6-14(15(13)16(18)19)20-12-8-7-10-3-1-4-11(10)9-12/h2,5-9H,1,3-4H2,(H,18,19). The van der Waals surface area contributed by atoms with Gasteiger partial charge in [0, 0.05) is 14.3 Å². The molecule has 0 unspecified atom stereocenters. The summed E-state index contributed by atoms with van der Waals surface area (Å²) in [5.74, 6) is -0.902. The number of hydrogen-bond donors (Lipinski definition) is 1. The quantitative estimate of drug-likeness (QED) is 0.866. The van der Waals surface area contributed by atoms with Crippen molar-refractivity contribution in [2.24, 2.45) is 0 Å².